The van der Waals surface area contributed by atoms with Crippen molar-refractivity contribution in [2.24, 2.45) is 0 Å². The predicted octanol–water partition coefficient (Wildman–Crippen LogP) is 0.186. The van der Waals surface area contributed by atoms with Gasteiger partial charge in [-0.05, 0) is 0 Å². The lowest BCUT2D eigenvalue weighted by Gasteiger charge is -2.19. The molecule has 0 bridgehead atoms. The van der Waals surface area contributed by atoms with E-state index >= 15 is 0 Å². The first-order valence-electron chi connectivity index (χ1n) is 4.34. The van der Waals surface area contributed by atoms with Crippen molar-refractivity contribution in [2.45, 2.75) is 0 Å². The van der Waals surface area contributed by atoms with Gasteiger partial charge in [0.15, 0.2) is 0 Å². The van der Waals surface area contributed by atoms with E-state index in [0.717, 1.165) is 0 Å². The Morgan fingerprint density at radius 2 is 2.06 bits per heavy atom. The Hall–Kier alpha value is -0.890. The van der Waals surface area contributed by atoms with E-state index in [2.05, 4.69) is 41.8 Å². The van der Waals surface area contributed by atoms with Crippen LogP contribution in [-0.4, -0.2) is 33.1 Å². The fourth-order valence-electron chi connectivity index (χ4n) is 1.14. The quantitative estimate of drug-likeness (QED) is 0.756. The molecule has 0 aliphatic carbocycles. The Morgan fingerprint density at radius 1 is 1.38 bits per heavy atom. The van der Waals surface area contributed by atoms with Crippen LogP contribution in [0.3, 0.4) is 0 Å². The summed E-state index contributed by atoms with van der Waals surface area (Å²) in [4.78, 5) is 39.5. The topological polar surface area (TPSA) is 86.0 Å². The van der Waals surface area contributed by atoms with E-state index in [-0.39, 0.29) is 16.9 Å². The number of carbonyl (C=O) groups excluding carboxylic acids is 1. The SMILES string of the molecule is O=C(CBr)N(CCBr)c1c[nH]c(=O)[nH]c1=O. The monoisotopic (exact) mass is 353 g/mol. The van der Waals surface area contributed by atoms with Crippen molar-refractivity contribution in [3.8, 4) is 0 Å². The normalized spacial score (nSPS) is 10.1. The van der Waals surface area contributed by atoms with Crippen LogP contribution in [0.4, 0.5) is 5.69 Å². The number of amides is 1. The molecule has 0 radical (unpaired) electrons. The summed E-state index contributed by atoms with van der Waals surface area (Å²) < 4.78 is 0. The van der Waals surface area contributed by atoms with Crippen molar-refractivity contribution in [3.63, 3.8) is 0 Å². The van der Waals surface area contributed by atoms with Gasteiger partial charge in [0.25, 0.3) is 5.56 Å². The van der Waals surface area contributed by atoms with Crippen LogP contribution in [0.5, 0.6) is 0 Å². The fraction of sp³-hybridized carbons (Fsp3) is 0.375. The zero-order valence-corrected chi connectivity index (χ0v) is 11.3. The summed E-state index contributed by atoms with van der Waals surface area (Å²) in [7, 11) is 0. The van der Waals surface area contributed by atoms with E-state index in [4.69, 9.17) is 0 Å². The number of aromatic nitrogens is 2. The summed E-state index contributed by atoms with van der Waals surface area (Å²) >= 11 is 6.22. The molecule has 0 fully saturated rings. The molecule has 0 aliphatic heterocycles. The zero-order chi connectivity index (χ0) is 12.1. The summed E-state index contributed by atoms with van der Waals surface area (Å²) in [6.07, 6.45) is 1.23. The third kappa shape index (κ3) is 3.05. The van der Waals surface area contributed by atoms with Crippen molar-refractivity contribution in [2.75, 3.05) is 22.1 Å². The van der Waals surface area contributed by atoms with Gasteiger partial charge in [0, 0.05) is 18.1 Å². The number of hydrogen-bond acceptors (Lipinski definition) is 3. The number of rotatable bonds is 4. The molecule has 0 saturated heterocycles. The number of halogens is 2. The largest absolute Gasteiger partial charge is 0.325 e. The maximum absolute atomic E-state index is 11.6. The summed E-state index contributed by atoms with van der Waals surface area (Å²) in [6.45, 7) is 0.347. The molecular weight excluding hydrogens is 346 g/mol. The highest BCUT2D eigenvalue weighted by Crippen LogP contribution is 2.06. The summed E-state index contributed by atoms with van der Waals surface area (Å²) in [5.41, 5.74) is -1.05. The van der Waals surface area contributed by atoms with E-state index in [1.54, 1.807) is 0 Å². The van der Waals surface area contributed by atoms with Gasteiger partial charge in [-0.25, -0.2) is 4.79 Å². The van der Waals surface area contributed by atoms with Crippen LogP contribution in [0, 0.1) is 0 Å². The van der Waals surface area contributed by atoms with E-state index in [1.807, 2.05) is 0 Å². The van der Waals surface area contributed by atoms with Crippen LogP contribution in [0.15, 0.2) is 15.8 Å². The lowest BCUT2D eigenvalue weighted by Crippen LogP contribution is -2.39. The molecule has 0 aromatic carbocycles. The molecule has 1 amide bonds. The van der Waals surface area contributed by atoms with Crippen molar-refractivity contribution in [1.29, 1.82) is 0 Å². The van der Waals surface area contributed by atoms with Gasteiger partial charge in [-0.3, -0.25) is 14.6 Å². The molecule has 6 nitrogen and oxygen atoms in total. The molecule has 1 aromatic rings. The van der Waals surface area contributed by atoms with Crippen molar-refractivity contribution >= 4 is 43.5 Å². The maximum Gasteiger partial charge on any atom is 0.325 e. The second-order valence-corrected chi connectivity index (χ2v) is 4.18. The number of aromatic amines is 2. The highest BCUT2D eigenvalue weighted by Gasteiger charge is 2.16. The molecule has 8 heteroatoms. The first kappa shape index (κ1) is 13.2. The molecule has 0 spiro atoms. The fourth-order valence-corrected chi connectivity index (χ4v) is 1.80. The van der Waals surface area contributed by atoms with Gasteiger partial charge < -0.3 is 9.88 Å². The number of nitrogens with zero attached hydrogens (tertiary/aromatic N) is 1. The summed E-state index contributed by atoms with van der Waals surface area (Å²) in [5, 5.41) is 0.642. The molecule has 2 N–H and O–H groups in total. The molecular formula is C8H9Br2N3O3. The number of hydrogen-bond donors (Lipinski definition) is 2. The number of H-pyrrole nitrogens is 2. The van der Waals surface area contributed by atoms with E-state index < -0.39 is 11.2 Å². The van der Waals surface area contributed by atoms with Crippen LogP contribution < -0.4 is 16.1 Å². The number of nitrogens with one attached hydrogen (secondary N) is 2. The smallest absolute Gasteiger partial charge is 0.312 e. The molecule has 0 saturated carbocycles. The average molecular weight is 355 g/mol. The van der Waals surface area contributed by atoms with Crippen molar-refractivity contribution in [3.05, 3.63) is 27.0 Å². The first-order chi connectivity index (χ1) is 7.60. The highest BCUT2D eigenvalue weighted by atomic mass is 79.9. The Kier molecular flexibility index (Phi) is 4.94. The Labute approximate surface area is 107 Å². The van der Waals surface area contributed by atoms with Gasteiger partial charge >= 0.3 is 5.69 Å². The molecule has 0 unspecified atom stereocenters. The highest BCUT2D eigenvalue weighted by molar-refractivity contribution is 9.09. The van der Waals surface area contributed by atoms with Crippen LogP contribution >= 0.6 is 31.9 Å². The average Bonchev–Trinajstić information content (AvgIpc) is 2.26. The number of alkyl halides is 2. The second kappa shape index (κ2) is 6.00. The third-order valence-electron chi connectivity index (χ3n) is 1.81. The van der Waals surface area contributed by atoms with E-state index in [0.29, 0.717) is 11.9 Å². The first-order valence-corrected chi connectivity index (χ1v) is 6.58. The minimum Gasteiger partial charge on any atom is -0.312 e. The third-order valence-corrected chi connectivity index (χ3v) is 2.65. The standard InChI is InChI=1S/C8H9Br2N3O3/c9-1-2-13(6(14)3-10)5-4-11-8(16)12-7(5)15/h4H,1-3H2,(H2,11,12,15,16). The molecule has 0 aliphatic rings. The molecule has 16 heavy (non-hydrogen) atoms. The zero-order valence-electron chi connectivity index (χ0n) is 8.13. The van der Waals surface area contributed by atoms with Crippen LogP contribution in [0.25, 0.3) is 0 Å². The molecule has 1 aromatic heterocycles. The van der Waals surface area contributed by atoms with Crippen molar-refractivity contribution in [1.82, 2.24) is 9.97 Å². The van der Waals surface area contributed by atoms with Gasteiger partial charge in [-0.15, -0.1) is 0 Å². The summed E-state index contributed by atoms with van der Waals surface area (Å²) in [6, 6.07) is 0. The van der Waals surface area contributed by atoms with Crippen LogP contribution in [0.1, 0.15) is 0 Å². The van der Waals surface area contributed by atoms with Crippen LogP contribution in [0.2, 0.25) is 0 Å². The number of anilines is 1. The van der Waals surface area contributed by atoms with Gasteiger partial charge in [0.05, 0.1) is 5.33 Å². The van der Waals surface area contributed by atoms with Crippen LogP contribution in [-0.2, 0) is 4.79 Å². The van der Waals surface area contributed by atoms with Crippen molar-refractivity contribution < 1.29 is 4.79 Å². The van der Waals surface area contributed by atoms with Gasteiger partial charge in [0.1, 0.15) is 5.69 Å². The maximum atomic E-state index is 11.6. The van der Waals surface area contributed by atoms with Gasteiger partial charge in [-0.2, -0.15) is 0 Å². The summed E-state index contributed by atoms with van der Waals surface area (Å²) in [5.74, 6) is -0.253. The lowest BCUT2D eigenvalue weighted by atomic mass is 10.4. The molecule has 88 valence electrons. The number of carbonyl (C=O) groups is 1. The Balaban J connectivity index is 3.15. The minimum absolute atomic E-state index is 0.110. The Morgan fingerprint density at radius 3 is 2.56 bits per heavy atom. The second-order valence-electron chi connectivity index (χ2n) is 2.83. The van der Waals surface area contributed by atoms with E-state index in [9.17, 15) is 14.4 Å². The Bertz CT molecular complexity index is 482. The predicted molar refractivity (Wildman–Crippen MR) is 67.6 cm³/mol. The molecule has 1 rings (SSSR count). The van der Waals surface area contributed by atoms with E-state index in [1.165, 1.54) is 11.1 Å². The minimum atomic E-state index is -0.598. The van der Waals surface area contributed by atoms with Gasteiger partial charge in [-0.1, -0.05) is 31.9 Å². The van der Waals surface area contributed by atoms with Gasteiger partial charge in [0.2, 0.25) is 5.91 Å². The lowest BCUT2D eigenvalue weighted by molar-refractivity contribution is -0.116. The molecule has 1 heterocycles. The molecule has 0 atom stereocenters.